The lowest BCUT2D eigenvalue weighted by molar-refractivity contribution is -0.142. The summed E-state index contributed by atoms with van der Waals surface area (Å²) in [6.07, 6.45) is -0.998. The molecule has 2 amide bonds. The van der Waals surface area contributed by atoms with Crippen molar-refractivity contribution >= 4 is 29.8 Å². The summed E-state index contributed by atoms with van der Waals surface area (Å²) in [5.41, 5.74) is -1.11. The number of hydrogen-bond acceptors (Lipinski definition) is 6. The van der Waals surface area contributed by atoms with Crippen molar-refractivity contribution in [1.82, 2.24) is 10.2 Å². The SMILES string of the molecule is CC(C)(C)OC(=O)N1CC(OC(=O)NCCC(CCO)C(=O)O)(c2cccc(Cl)c2)C1. The van der Waals surface area contributed by atoms with Crippen molar-refractivity contribution < 1.29 is 34.1 Å². The molecule has 0 aliphatic carbocycles. The van der Waals surface area contributed by atoms with Gasteiger partial charge in [0.2, 0.25) is 0 Å². The van der Waals surface area contributed by atoms with Gasteiger partial charge in [-0.1, -0.05) is 23.7 Å². The summed E-state index contributed by atoms with van der Waals surface area (Å²) in [5.74, 6) is -1.80. The Bertz CT molecular complexity index is 803. The molecule has 1 saturated heterocycles. The largest absolute Gasteiger partial charge is 0.481 e. The van der Waals surface area contributed by atoms with E-state index in [1.807, 2.05) is 0 Å². The van der Waals surface area contributed by atoms with Gasteiger partial charge in [-0.05, 0) is 45.7 Å². The van der Waals surface area contributed by atoms with Crippen LogP contribution in [0.15, 0.2) is 24.3 Å². The molecule has 1 aliphatic heterocycles. The maximum Gasteiger partial charge on any atom is 0.410 e. The number of carboxylic acid groups (broad SMARTS) is 1. The predicted molar refractivity (Wildman–Crippen MR) is 113 cm³/mol. The molecule has 1 fully saturated rings. The first-order valence-electron chi connectivity index (χ1n) is 10.0. The summed E-state index contributed by atoms with van der Waals surface area (Å²) in [5, 5.41) is 21.1. The van der Waals surface area contributed by atoms with Gasteiger partial charge in [0.05, 0.1) is 19.0 Å². The highest BCUT2D eigenvalue weighted by molar-refractivity contribution is 6.30. The number of alkyl carbamates (subject to hydrolysis) is 1. The van der Waals surface area contributed by atoms with Crippen LogP contribution in [0.4, 0.5) is 9.59 Å². The van der Waals surface area contributed by atoms with Gasteiger partial charge in [0.15, 0.2) is 5.60 Å². The molecule has 1 heterocycles. The molecule has 9 nitrogen and oxygen atoms in total. The normalized spacial score (nSPS) is 16.1. The summed E-state index contributed by atoms with van der Waals surface area (Å²) in [7, 11) is 0. The first-order valence-corrected chi connectivity index (χ1v) is 10.4. The molecule has 1 unspecified atom stereocenters. The number of amides is 2. The van der Waals surface area contributed by atoms with E-state index in [0.29, 0.717) is 10.6 Å². The number of nitrogens with zero attached hydrogens (tertiary/aromatic N) is 1. The van der Waals surface area contributed by atoms with E-state index in [0.717, 1.165) is 0 Å². The maximum atomic E-state index is 12.4. The second kappa shape index (κ2) is 10.2. The molecule has 10 heteroatoms. The molecule has 1 atom stereocenters. The number of aliphatic hydroxyl groups excluding tert-OH is 1. The van der Waals surface area contributed by atoms with Gasteiger partial charge in [-0.25, -0.2) is 9.59 Å². The van der Waals surface area contributed by atoms with Crippen LogP contribution in [0.3, 0.4) is 0 Å². The molecule has 172 valence electrons. The molecular weight excluding hydrogens is 428 g/mol. The van der Waals surface area contributed by atoms with E-state index in [1.165, 1.54) is 4.90 Å². The van der Waals surface area contributed by atoms with Gasteiger partial charge in [-0.2, -0.15) is 0 Å². The van der Waals surface area contributed by atoms with Crippen LogP contribution in [-0.4, -0.2) is 65.1 Å². The second-order valence-electron chi connectivity index (χ2n) is 8.49. The number of hydrogen-bond donors (Lipinski definition) is 3. The Morgan fingerprint density at radius 3 is 2.48 bits per heavy atom. The highest BCUT2D eigenvalue weighted by Crippen LogP contribution is 2.38. The number of benzene rings is 1. The highest BCUT2D eigenvalue weighted by Gasteiger charge is 2.51. The van der Waals surface area contributed by atoms with Crippen molar-refractivity contribution in [3.8, 4) is 0 Å². The molecule has 0 aromatic heterocycles. The first kappa shape index (κ1) is 24.7. The molecule has 2 rings (SSSR count). The maximum absolute atomic E-state index is 12.4. The number of rotatable bonds is 8. The Labute approximate surface area is 186 Å². The third-order valence-electron chi connectivity index (χ3n) is 4.77. The van der Waals surface area contributed by atoms with Crippen LogP contribution in [0, 0.1) is 5.92 Å². The zero-order chi connectivity index (χ0) is 23.2. The molecule has 3 N–H and O–H groups in total. The Morgan fingerprint density at radius 1 is 1.26 bits per heavy atom. The molecule has 1 aromatic carbocycles. The molecule has 31 heavy (non-hydrogen) atoms. The van der Waals surface area contributed by atoms with Gasteiger partial charge in [-0.15, -0.1) is 0 Å². The zero-order valence-corrected chi connectivity index (χ0v) is 18.6. The minimum Gasteiger partial charge on any atom is -0.481 e. The van der Waals surface area contributed by atoms with Gasteiger partial charge in [-0.3, -0.25) is 9.69 Å². The number of carbonyl (C=O) groups excluding carboxylic acids is 2. The summed E-state index contributed by atoms with van der Waals surface area (Å²) in [4.78, 5) is 37.3. The second-order valence-corrected chi connectivity index (χ2v) is 8.93. The fourth-order valence-corrected chi connectivity index (χ4v) is 3.40. The van der Waals surface area contributed by atoms with E-state index in [4.69, 9.17) is 31.3 Å². The van der Waals surface area contributed by atoms with E-state index in [1.54, 1.807) is 45.0 Å². The first-order chi connectivity index (χ1) is 14.5. The summed E-state index contributed by atoms with van der Waals surface area (Å²) < 4.78 is 11.0. The predicted octanol–water partition coefficient (Wildman–Crippen LogP) is 2.99. The van der Waals surface area contributed by atoms with Gasteiger partial charge in [0, 0.05) is 23.7 Å². The number of aliphatic carboxylic acids is 1. The Kier molecular flexibility index (Phi) is 8.14. The standard InChI is InChI=1S/C21H29ClN2O7/c1-20(2,3)31-19(29)24-12-21(13-24,15-5-4-6-16(22)11-15)30-18(28)23-9-7-14(8-10-25)17(26)27/h4-6,11,14,25H,7-10,12-13H2,1-3H3,(H,23,28)(H,26,27). The van der Waals surface area contributed by atoms with Crippen LogP contribution in [-0.2, 0) is 19.9 Å². The van der Waals surface area contributed by atoms with Crippen LogP contribution < -0.4 is 5.32 Å². The van der Waals surface area contributed by atoms with Crippen molar-refractivity contribution in [2.75, 3.05) is 26.2 Å². The van der Waals surface area contributed by atoms with Crippen LogP contribution >= 0.6 is 11.6 Å². The lowest BCUT2D eigenvalue weighted by Gasteiger charge is -2.48. The van der Waals surface area contributed by atoms with Gasteiger partial charge < -0.3 is 25.0 Å². The van der Waals surface area contributed by atoms with Crippen molar-refractivity contribution in [2.24, 2.45) is 5.92 Å². The number of carboxylic acids is 1. The van der Waals surface area contributed by atoms with E-state index in [9.17, 15) is 14.4 Å². The summed E-state index contributed by atoms with van der Waals surface area (Å²) in [6.45, 7) is 5.30. The molecule has 0 spiro atoms. The average molecular weight is 457 g/mol. The van der Waals surface area contributed by atoms with Crippen LogP contribution in [0.1, 0.15) is 39.2 Å². The third-order valence-corrected chi connectivity index (χ3v) is 5.01. The lowest BCUT2D eigenvalue weighted by Crippen LogP contribution is -2.64. The quantitative estimate of drug-likeness (QED) is 0.549. The number of ether oxygens (including phenoxy) is 2. The van der Waals surface area contributed by atoms with Gasteiger partial charge in [0.1, 0.15) is 5.60 Å². The van der Waals surface area contributed by atoms with Crippen molar-refractivity contribution in [2.45, 2.75) is 44.8 Å². The fraction of sp³-hybridized carbons (Fsp3) is 0.571. The Balaban J connectivity index is 2.03. The average Bonchev–Trinajstić information content (AvgIpc) is 2.62. The number of carbonyl (C=O) groups is 3. The third kappa shape index (κ3) is 7.00. The van der Waals surface area contributed by atoms with Crippen molar-refractivity contribution in [3.05, 3.63) is 34.9 Å². The molecular formula is C21H29ClN2O7. The van der Waals surface area contributed by atoms with Gasteiger partial charge >= 0.3 is 18.2 Å². The Morgan fingerprint density at radius 2 is 1.94 bits per heavy atom. The topological polar surface area (TPSA) is 125 Å². The van der Waals surface area contributed by atoms with Crippen molar-refractivity contribution in [3.63, 3.8) is 0 Å². The Hall–Kier alpha value is -2.52. The smallest absolute Gasteiger partial charge is 0.410 e. The zero-order valence-electron chi connectivity index (χ0n) is 17.9. The van der Waals surface area contributed by atoms with Crippen LogP contribution in [0.25, 0.3) is 0 Å². The summed E-state index contributed by atoms with van der Waals surface area (Å²) in [6, 6.07) is 6.84. The number of halogens is 1. The molecule has 1 aromatic rings. The molecule has 0 bridgehead atoms. The number of aliphatic hydroxyl groups is 1. The van der Waals surface area contributed by atoms with Crippen molar-refractivity contribution in [1.29, 1.82) is 0 Å². The van der Waals surface area contributed by atoms with Crippen LogP contribution in [0.2, 0.25) is 5.02 Å². The number of likely N-dealkylation sites (tertiary alicyclic amines) is 1. The molecule has 0 radical (unpaired) electrons. The lowest BCUT2D eigenvalue weighted by atomic mass is 9.86. The van der Waals surface area contributed by atoms with E-state index in [-0.39, 0.29) is 39.1 Å². The fourth-order valence-electron chi connectivity index (χ4n) is 3.21. The van der Waals surface area contributed by atoms with E-state index < -0.39 is 35.3 Å². The monoisotopic (exact) mass is 456 g/mol. The number of nitrogens with one attached hydrogen (secondary N) is 1. The minimum atomic E-state index is -1.09. The van der Waals surface area contributed by atoms with Gasteiger partial charge in [0.25, 0.3) is 0 Å². The molecule has 1 aliphatic rings. The minimum absolute atomic E-state index is 0.0667. The van der Waals surface area contributed by atoms with E-state index >= 15 is 0 Å². The van der Waals surface area contributed by atoms with Crippen LogP contribution in [0.5, 0.6) is 0 Å². The van der Waals surface area contributed by atoms with E-state index in [2.05, 4.69) is 5.32 Å². The summed E-state index contributed by atoms with van der Waals surface area (Å²) >= 11 is 6.09. The highest BCUT2D eigenvalue weighted by atomic mass is 35.5. The molecule has 0 saturated carbocycles.